The molecule has 0 fully saturated rings. The molecule has 0 radical (unpaired) electrons. The Hall–Kier alpha value is -3.09. The summed E-state index contributed by atoms with van der Waals surface area (Å²) in [5.74, 6) is -0.142. The Morgan fingerprint density at radius 1 is 1.15 bits per heavy atom. The summed E-state index contributed by atoms with van der Waals surface area (Å²) in [4.78, 5) is 11.5. The lowest BCUT2D eigenvalue weighted by atomic mass is 9.81. The highest BCUT2D eigenvalue weighted by molar-refractivity contribution is 5.88. The van der Waals surface area contributed by atoms with Crippen molar-refractivity contribution in [3.63, 3.8) is 0 Å². The summed E-state index contributed by atoms with van der Waals surface area (Å²) in [6, 6.07) is 18.2. The van der Waals surface area contributed by atoms with E-state index >= 15 is 0 Å². The maximum atomic E-state index is 13.6. The smallest absolute Gasteiger partial charge is 0.335 e. The molecule has 0 aromatic heterocycles. The zero-order chi connectivity index (χ0) is 23.4. The van der Waals surface area contributed by atoms with Gasteiger partial charge >= 0.3 is 5.97 Å². The second-order valence-electron chi connectivity index (χ2n) is 8.37. The Kier molecular flexibility index (Phi) is 8.53. The van der Waals surface area contributed by atoms with Crippen molar-refractivity contribution in [3.05, 3.63) is 94.3 Å². The molecular formula is C27H29ClFNO4. The summed E-state index contributed by atoms with van der Waals surface area (Å²) in [6.07, 6.45) is 1.43. The van der Waals surface area contributed by atoms with E-state index in [2.05, 4.69) is 11.4 Å². The number of ether oxygens (including phenoxy) is 2. The van der Waals surface area contributed by atoms with Crippen LogP contribution in [0.2, 0.25) is 0 Å². The normalized spacial score (nSPS) is 16.7. The number of aryl methyl sites for hydroxylation is 1. The Labute approximate surface area is 205 Å². The summed E-state index contributed by atoms with van der Waals surface area (Å²) in [5, 5.41) is 12.9. The highest BCUT2D eigenvalue weighted by atomic mass is 35.5. The van der Waals surface area contributed by atoms with Gasteiger partial charge in [-0.25, -0.2) is 9.18 Å². The summed E-state index contributed by atoms with van der Waals surface area (Å²) < 4.78 is 24.9. The van der Waals surface area contributed by atoms with Crippen molar-refractivity contribution in [2.24, 2.45) is 0 Å². The van der Waals surface area contributed by atoms with Crippen molar-refractivity contribution in [2.45, 2.75) is 31.8 Å². The highest BCUT2D eigenvalue weighted by Crippen LogP contribution is 2.41. The molecule has 0 aliphatic carbocycles. The average molecular weight is 486 g/mol. The average Bonchev–Trinajstić information content (AvgIpc) is 2.82. The molecule has 0 spiro atoms. The van der Waals surface area contributed by atoms with Crippen molar-refractivity contribution in [3.8, 4) is 11.5 Å². The second-order valence-corrected chi connectivity index (χ2v) is 8.37. The molecule has 2 atom stereocenters. The topological polar surface area (TPSA) is 67.8 Å². The zero-order valence-electron chi connectivity index (χ0n) is 19.2. The monoisotopic (exact) mass is 485 g/mol. The van der Waals surface area contributed by atoms with E-state index in [0.29, 0.717) is 18.7 Å². The van der Waals surface area contributed by atoms with E-state index in [1.54, 1.807) is 24.3 Å². The lowest BCUT2D eigenvalue weighted by molar-refractivity contribution is 0.0696. The fourth-order valence-corrected chi connectivity index (χ4v) is 4.42. The quantitative estimate of drug-likeness (QED) is 0.419. The van der Waals surface area contributed by atoms with E-state index in [-0.39, 0.29) is 36.0 Å². The Morgan fingerprint density at radius 3 is 2.71 bits per heavy atom. The summed E-state index contributed by atoms with van der Waals surface area (Å²) in [5.41, 5.74) is 4.46. The molecular weight excluding hydrogens is 457 g/mol. The van der Waals surface area contributed by atoms with Crippen LogP contribution in [0.3, 0.4) is 0 Å². The summed E-state index contributed by atoms with van der Waals surface area (Å²) in [7, 11) is 1.46. The van der Waals surface area contributed by atoms with Crippen LogP contribution in [0.4, 0.5) is 4.39 Å². The summed E-state index contributed by atoms with van der Waals surface area (Å²) in [6.45, 7) is 3.39. The molecule has 3 aromatic rings. The third-order valence-electron chi connectivity index (χ3n) is 6.17. The van der Waals surface area contributed by atoms with Gasteiger partial charge in [0.1, 0.15) is 11.9 Å². The number of benzene rings is 3. The van der Waals surface area contributed by atoms with Gasteiger partial charge in [-0.05, 0) is 73.3 Å². The molecule has 1 heterocycles. The fourth-order valence-electron chi connectivity index (χ4n) is 4.42. The van der Waals surface area contributed by atoms with Gasteiger partial charge in [0.15, 0.2) is 11.6 Å². The maximum absolute atomic E-state index is 13.6. The molecule has 2 N–H and O–H groups in total. The van der Waals surface area contributed by atoms with Gasteiger partial charge in [0.2, 0.25) is 0 Å². The largest absolute Gasteiger partial charge is 0.494 e. The van der Waals surface area contributed by atoms with Gasteiger partial charge in [0.25, 0.3) is 0 Å². The van der Waals surface area contributed by atoms with Crippen molar-refractivity contribution in [1.82, 2.24) is 5.32 Å². The van der Waals surface area contributed by atoms with Crippen molar-refractivity contribution in [2.75, 3.05) is 20.2 Å². The zero-order valence-corrected chi connectivity index (χ0v) is 20.0. The number of hydrogen-bond acceptors (Lipinski definition) is 4. The van der Waals surface area contributed by atoms with Crippen LogP contribution in [0.5, 0.6) is 11.5 Å². The van der Waals surface area contributed by atoms with Crippen LogP contribution in [0, 0.1) is 12.7 Å². The molecule has 1 aliphatic rings. The number of aromatic carboxylic acids is 1. The predicted molar refractivity (Wildman–Crippen MR) is 132 cm³/mol. The van der Waals surface area contributed by atoms with E-state index in [1.807, 2.05) is 31.2 Å². The first-order valence-electron chi connectivity index (χ1n) is 11.1. The third kappa shape index (κ3) is 5.69. The Balaban J connectivity index is 0.00000324. The molecule has 0 bridgehead atoms. The molecule has 0 saturated heterocycles. The van der Waals surface area contributed by atoms with E-state index in [1.165, 1.54) is 13.2 Å². The number of halogens is 2. The molecule has 4 rings (SSSR count). The first-order chi connectivity index (χ1) is 16.0. The van der Waals surface area contributed by atoms with Crippen molar-refractivity contribution in [1.29, 1.82) is 0 Å². The van der Waals surface area contributed by atoms with E-state index in [0.717, 1.165) is 40.8 Å². The van der Waals surface area contributed by atoms with Crippen molar-refractivity contribution >= 4 is 18.4 Å². The number of hydrogen-bond donors (Lipinski definition) is 2. The molecule has 2 unspecified atom stereocenters. The lowest BCUT2D eigenvalue weighted by Gasteiger charge is -2.33. The van der Waals surface area contributed by atoms with Crippen molar-refractivity contribution < 1.29 is 23.8 Å². The standard InChI is InChI=1S/C27H28FNO4.ClH/c1-17-7-9-19(27(30)31)14-22(17)23-15-20(33-25-6-4-3-5-21(23)25)16-29-12-11-18-8-10-24(28)26(13-18)32-2;/h3-10,13-14,20,23,29H,11-12,15-16H2,1-2H3,(H,30,31);1H. The van der Waals surface area contributed by atoms with Gasteiger partial charge < -0.3 is 19.9 Å². The maximum Gasteiger partial charge on any atom is 0.335 e. The molecule has 5 nitrogen and oxygen atoms in total. The number of rotatable bonds is 8. The summed E-state index contributed by atoms with van der Waals surface area (Å²) >= 11 is 0. The van der Waals surface area contributed by atoms with E-state index in [4.69, 9.17) is 9.47 Å². The van der Waals surface area contributed by atoms with Gasteiger partial charge in [0, 0.05) is 18.0 Å². The Morgan fingerprint density at radius 2 is 1.94 bits per heavy atom. The minimum atomic E-state index is -0.924. The number of carboxylic acid groups (broad SMARTS) is 1. The van der Waals surface area contributed by atoms with E-state index in [9.17, 15) is 14.3 Å². The molecule has 0 saturated carbocycles. The van der Waals surface area contributed by atoms with E-state index < -0.39 is 5.97 Å². The van der Waals surface area contributed by atoms with Crippen LogP contribution in [0.15, 0.2) is 60.7 Å². The van der Waals surface area contributed by atoms with Gasteiger partial charge in [-0.2, -0.15) is 0 Å². The van der Waals surface area contributed by atoms with Gasteiger partial charge in [-0.1, -0.05) is 30.3 Å². The Bertz CT molecular complexity index is 1150. The number of carboxylic acids is 1. The number of carbonyl (C=O) groups is 1. The van der Waals surface area contributed by atoms with Gasteiger partial charge in [-0.3, -0.25) is 0 Å². The lowest BCUT2D eigenvalue weighted by Crippen LogP contribution is -2.36. The highest BCUT2D eigenvalue weighted by Gasteiger charge is 2.30. The predicted octanol–water partition coefficient (Wildman–Crippen LogP) is 5.38. The second kappa shape index (κ2) is 11.4. The minimum absolute atomic E-state index is 0. The number of fused-ring (bicyclic) bond motifs is 1. The third-order valence-corrected chi connectivity index (χ3v) is 6.17. The SMILES string of the molecule is COc1cc(CCNCC2CC(c3cc(C(=O)O)ccc3C)c3ccccc3O2)ccc1F.Cl. The van der Waals surface area contributed by atoms with Crippen LogP contribution < -0.4 is 14.8 Å². The van der Waals surface area contributed by atoms with Crippen LogP contribution in [0.25, 0.3) is 0 Å². The molecule has 34 heavy (non-hydrogen) atoms. The first-order valence-corrected chi connectivity index (χ1v) is 11.1. The first kappa shape index (κ1) is 25.5. The van der Waals surface area contributed by atoms with Gasteiger partial charge in [-0.15, -0.1) is 12.4 Å². The molecule has 3 aromatic carbocycles. The van der Waals surface area contributed by atoms with Crippen LogP contribution in [0.1, 0.15) is 45.0 Å². The molecule has 1 aliphatic heterocycles. The fraction of sp³-hybridized carbons (Fsp3) is 0.296. The van der Waals surface area contributed by atoms with Gasteiger partial charge in [0.05, 0.1) is 12.7 Å². The number of para-hydroxylation sites is 1. The molecule has 0 amide bonds. The van der Waals surface area contributed by atoms with Crippen LogP contribution in [-0.2, 0) is 6.42 Å². The van der Waals surface area contributed by atoms with Crippen LogP contribution in [-0.4, -0.2) is 37.4 Å². The molecule has 180 valence electrons. The number of nitrogens with one attached hydrogen (secondary N) is 1. The number of methoxy groups -OCH3 is 1. The van der Waals surface area contributed by atoms with Crippen LogP contribution >= 0.6 is 12.4 Å². The minimum Gasteiger partial charge on any atom is -0.494 e. The molecule has 7 heteroatoms.